The fraction of sp³-hybridized carbons (Fsp3) is 0.188. The second-order valence-electron chi connectivity index (χ2n) is 4.69. The first-order valence-corrected chi connectivity index (χ1v) is 7.11. The van der Waals surface area contributed by atoms with E-state index >= 15 is 0 Å². The Morgan fingerprint density at radius 3 is 2.62 bits per heavy atom. The molecule has 2 rings (SSSR count). The van der Waals surface area contributed by atoms with Gasteiger partial charge in [-0.2, -0.15) is 0 Å². The van der Waals surface area contributed by atoms with Gasteiger partial charge in [0.25, 0.3) is 0 Å². The van der Waals surface area contributed by atoms with Gasteiger partial charge in [0.2, 0.25) is 0 Å². The summed E-state index contributed by atoms with van der Waals surface area (Å²) >= 11 is 11.8. The molecule has 0 fully saturated rings. The first-order valence-electron chi connectivity index (χ1n) is 6.36. The molecule has 1 atom stereocenters. The van der Waals surface area contributed by atoms with Crippen LogP contribution in [0.2, 0.25) is 10.0 Å². The molecule has 0 aromatic heterocycles. The number of hydrogen-bond acceptors (Lipinski definition) is 2. The van der Waals surface area contributed by atoms with Gasteiger partial charge in [-0.15, -0.1) is 0 Å². The average Bonchev–Trinajstić information content (AvgIpc) is 2.42. The van der Waals surface area contributed by atoms with Gasteiger partial charge in [0.05, 0.1) is 0 Å². The predicted octanol–water partition coefficient (Wildman–Crippen LogP) is 4.38. The molecule has 1 N–H and O–H groups in total. The van der Waals surface area contributed by atoms with Crippen molar-refractivity contribution in [3.8, 4) is 5.75 Å². The fourth-order valence-corrected chi connectivity index (χ4v) is 2.24. The largest absolute Gasteiger partial charge is 0.478 e. The van der Waals surface area contributed by atoms with Gasteiger partial charge < -0.3 is 9.84 Å². The summed E-state index contributed by atoms with van der Waals surface area (Å²) in [5.74, 6) is -0.547. The minimum Gasteiger partial charge on any atom is -0.478 e. The van der Waals surface area contributed by atoms with Crippen molar-refractivity contribution in [3.63, 3.8) is 0 Å². The average molecular weight is 325 g/mol. The second kappa shape index (κ2) is 6.83. The highest BCUT2D eigenvalue weighted by Gasteiger charge is 2.20. The molecule has 0 aliphatic rings. The molecule has 0 aliphatic heterocycles. The van der Waals surface area contributed by atoms with Crippen LogP contribution in [0.4, 0.5) is 0 Å². The molecular formula is C16H14Cl2O3. The van der Waals surface area contributed by atoms with Crippen LogP contribution in [0.15, 0.2) is 42.5 Å². The van der Waals surface area contributed by atoms with E-state index in [0.717, 1.165) is 11.1 Å². The van der Waals surface area contributed by atoms with E-state index < -0.39 is 12.1 Å². The van der Waals surface area contributed by atoms with E-state index in [1.807, 2.05) is 13.0 Å². The number of carboxylic acid groups (broad SMARTS) is 1. The molecule has 0 amide bonds. The van der Waals surface area contributed by atoms with Crippen molar-refractivity contribution in [2.75, 3.05) is 0 Å². The molecule has 0 radical (unpaired) electrons. The van der Waals surface area contributed by atoms with Crippen LogP contribution in [0.3, 0.4) is 0 Å². The van der Waals surface area contributed by atoms with Gasteiger partial charge in [0, 0.05) is 16.5 Å². The predicted molar refractivity (Wildman–Crippen MR) is 83.4 cm³/mol. The topological polar surface area (TPSA) is 46.5 Å². The lowest BCUT2D eigenvalue weighted by Crippen LogP contribution is -2.29. The molecule has 0 saturated carbocycles. The number of aliphatic carboxylic acids is 1. The molecule has 0 spiro atoms. The summed E-state index contributed by atoms with van der Waals surface area (Å²) in [5, 5.41) is 10.5. The standard InChI is InChI=1S/C16H14Cl2O3/c1-10-7-13(5-6-14(10)18)21-15(16(19)20)9-11-3-2-4-12(17)8-11/h2-8,15H,9H2,1H3,(H,19,20). The summed E-state index contributed by atoms with van der Waals surface area (Å²) in [4.78, 5) is 11.4. The molecule has 5 heteroatoms. The van der Waals surface area contributed by atoms with Gasteiger partial charge in [0.15, 0.2) is 6.10 Å². The van der Waals surface area contributed by atoms with E-state index in [9.17, 15) is 9.90 Å². The third-order valence-electron chi connectivity index (χ3n) is 2.99. The maximum absolute atomic E-state index is 11.4. The zero-order valence-electron chi connectivity index (χ0n) is 11.3. The van der Waals surface area contributed by atoms with Crippen LogP contribution in [0.5, 0.6) is 5.75 Å². The zero-order chi connectivity index (χ0) is 15.4. The summed E-state index contributed by atoms with van der Waals surface area (Å²) in [5.41, 5.74) is 1.64. The zero-order valence-corrected chi connectivity index (χ0v) is 12.9. The van der Waals surface area contributed by atoms with Crippen molar-refractivity contribution in [3.05, 3.63) is 63.6 Å². The lowest BCUT2D eigenvalue weighted by Gasteiger charge is -2.16. The third kappa shape index (κ3) is 4.38. The fourth-order valence-electron chi connectivity index (χ4n) is 1.91. The van der Waals surface area contributed by atoms with Crippen LogP contribution < -0.4 is 4.74 Å². The van der Waals surface area contributed by atoms with Crippen molar-refractivity contribution in [2.45, 2.75) is 19.4 Å². The summed E-state index contributed by atoms with van der Waals surface area (Å²) in [6.07, 6.45) is -0.749. The van der Waals surface area contributed by atoms with Crippen LogP contribution in [0.25, 0.3) is 0 Å². The van der Waals surface area contributed by atoms with E-state index in [1.54, 1.807) is 36.4 Å². The number of ether oxygens (including phenoxy) is 1. The van der Waals surface area contributed by atoms with E-state index in [-0.39, 0.29) is 6.42 Å². The van der Waals surface area contributed by atoms with E-state index in [1.165, 1.54) is 0 Å². The Hall–Kier alpha value is -1.71. The maximum atomic E-state index is 11.4. The molecule has 0 bridgehead atoms. The number of aryl methyl sites for hydroxylation is 1. The lowest BCUT2D eigenvalue weighted by atomic mass is 10.1. The van der Waals surface area contributed by atoms with E-state index in [4.69, 9.17) is 27.9 Å². The Bertz CT molecular complexity index is 656. The van der Waals surface area contributed by atoms with Gasteiger partial charge >= 0.3 is 5.97 Å². The van der Waals surface area contributed by atoms with Gasteiger partial charge in [-0.3, -0.25) is 0 Å². The van der Waals surface area contributed by atoms with Crippen molar-refractivity contribution in [2.24, 2.45) is 0 Å². The van der Waals surface area contributed by atoms with Gasteiger partial charge in [-0.05, 0) is 48.4 Å². The summed E-state index contributed by atoms with van der Waals surface area (Å²) in [6, 6.07) is 12.1. The van der Waals surface area contributed by atoms with E-state index in [2.05, 4.69) is 0 Å². The first-order chi connectivity index (χ1) is 9.95. The summed E-state index contributed by atoms with van der Waals surface area (Å²) in [6.45, 7) is 1.84. The Labute approximate surface area is 133 Å². The van der Waals surface area contributed by atoms with Crippen LogP contribution in [-0.4, -0.2) is 17.2 Å². The molecule has 21 heavy (non-hydrogen) atoms. The summed E-state index contributed by atoms with van der Waals surface area (Å²) in [7, 11) is 0. The smallest absolute Gasteiger partial charge is 0.345 e. The normalized spacial score (nSPS) is 12.0. The van der Waals surface area contributed by atoms with E-state index in [0.29, 0.717) is 15.8 Å². The SMILES string of the molecule is Cc1cc(OC(Cc2cccc(Cl)c2)C(=O)O)ccc1Cl. The molecule has 1 unspecified atom stereocenters. The van der Waals surface area contributed by atoms with Crippen LogP contribution in [-0.2, 0) is 11.2 Å². The number of rotatable bonds is 5. The highest BCUT2D eigenvalue weighted by Crippen LogP contribution is 2.23. The monoisotopic (exact) mass is 324 g/mol. The maximum Gasteiger partial charge on any atom is 0.345 e. The van der Waals surface area contributed by atoms with Crippen molar-refractivity contribution < 1.29 is 14.6 Å². The molecular weight excluding hydrogens is 311 g/mol. The number of hydrogen-bond donors (Lipinski definition) is 1. The second-order valence-corrected chi connectivity index (χ2v) is 5.53. The number of carbonyl (C=O) groups is 1. The lowest BCUT2D eigenvalue weighted by molar-refractivity contribution is -0.145. The Morgan fingerprint density at radius 1 is 1.24 bits per heavy atom. The molecule has 0 heterocycles. The number of carboxylic acids is 1. The molecule has 0 saturated heterocycles. The highest BCUT2D eigenvalue weighted by atomic mass is 35.5. The van der Waals surface area contributed by atoms with Crippen molar-refractivity contribution in [1.82, 2.24) is 0 Å². The van der Waals surface area contributed by atoms with Crippen LogP contribution in [0, 0.1) is 6.92 Å². The molecule has 2 aromatic rings. The van der Waals surface area contributed by atoms with Gasteiger partial charge in [-0.1, -0.05) is 35.3 Å². The first kappa shape index (κ1) is 15.7. The third-order valence-corrected chi connectivity index (χ3v) is 3.65. The van der Waals surface area contributed by atoms with Crippen LogP contribution >= 0.6 is 23.2 Å². The highest BCUT2D eigenvalue weighted by molar-refractivity contribution is 6.31. The summed E-state index contributed by atoms with van der Waals surface area (Å²) < 4.78 is 5.55. The van der Waals surface area contributed by atoms with Crippen molar-refractivity contribution >= 4 is 29.2 Å². The molecule has 2 aromatic carbocycles. The quantitative estimate of drug-likeness (QED) is 0.887. The number of benzene rings is 2. The Kier molecular flexibility index (Phi) is 5.10. The van der Waals surface area contributed by atoms with Crippen LogP contribution in [0.1, 0.15) is 11.1 Å². The minimum absolute atomic E-state index is 0.234. The molecule has 110 valence electrons. The van der Waals surface area contributed by atoms with Crippen molar-refractivity contribution in [1.29, 1.82) is 0 Å². The Balaban J connectivity index is 2.15. The van der Waals surface area contributed by atoms with Gasteiger partial charge in [0.1, 0.15) is 5.75 Å². The minimum atomic E-state index is -1.03. The van der Waals surface area contributed by atoms with Gasteiger partial charge in [-0.25, -0.2) is 4.79 Å². The Morgan fingerprint density at radius 2 is 2.00 bits per heavy atom. The molecule has 3 nitrogen and oxygen atoms in total. The molecule has 0 aliphatic carbocycles. The number of halogens is 2.